The van der Waals surface area contributed by atoms with Gasteiger partial charge in [0.1, 0.15) is 5.52 Å². The summed E-state index contributed by atoms with van der Waals surface area (Å²) in [6.07, 6.45) is 1.53. The predicted octanol–water partition coefficient (Wildman–Crippen LogP) is 1.88. The minimum absolute atomic E-state index is 0.0267. The number of nitrogens with one attached hydrogen (secondary N) is 2. The Balaban J connectivity index is 1.96. The lowest BCUT2D eigenvalue weighted by Crippen LogP contribution is -2.01. The number of nitrogen functional groups attached to an aromatic ring is 1. The SMILES string of the molecule is CC(=O)c1ccc(Nc2nc(N)nc3nc[nH]c23)cc1. The van der Waals surface area contributed by atoms with Gasteiger partial charge < -0.3 is 16.0 Å². The number of aromatic nitrogens is 4. The van der Waals surface area contributed by atoms with Crippen LogP contribution < -0.4 is 11.1 Å². The van der Waals surface area contributed by atoms with Gasteiger partial charge in [-0.15, -0.1) is 0 Å². The standard InChI is InChI=1S/C13H12N6O/c1-7(20)8-2-4-9(5-3-8)17-12-10-11(16-6-15-10)18-13(14)19-12/h2-6H,1H3,(H4,14,15,16,17,18,19). The lowest BCUT2D eigenvalue weighted by Gasteiger charge is -2.07. The number of carbonyl (C=O) groups is 1. The van der Waals surface area contributed by atoms with Gasteiger partial charge in [-0.05, 0) is 31.2 Å². The Morgan fingerprint density at radius 2 is 2.00 bits per heavy atom. The molecule has 0 radical (unpaired) electrons. The lowest BCUT2D eigenvalue weighted by molar-refractivity contribution is 0.101. The van der Waals surface area contributed by atoms with E-state index in [0.29, 0.717) is 22.5 Å². The van der Waals surface area contributed by atoms with Crippen LogP contribution in [-0.4, -0.2) is 25.7 Å². The van der Waals surface area contributed by atoms with E-state index < -0.39 is 0 Å². The first-order valence-corrected chi connectivity index (χ1v) is 5.98. The van der Waals surface area contributed by atoms with E-state index in [0.717, 1.165) is 5.69 Å². The summed E-state index contributed by atoms with van der Waals surface area (Å²) in [7, 11) is 0. The number of hydrogen-bond acceptors (Lipinski definition) is 6. The molecule has 0 aliphatic carbocycles. The first-order chi connectivity index (χ1) is 9.63. The Bertz CT molecular complexity index is 777. The highest BCUT2D eigenvalue weighted by Gasteiger charge is 2.08. The first-order valence-electron chi connectivity index (χ1n) is 5.98. The average molecular weight is 268 g/mol. The van der Waals surface area contributed by atoms with Crippen LogP contribution in [0.25, 0.3) is 11.2 Å². The Morgan fingerprint density at radius 1 is 1.25 bits per heavy atom. The second-order valence-electron chi connectivity index (χ2n) is 4.29. The number of ketones is 1. The summed E-state index contributed by atoms with van der Waals surface area (Å²) in [4.78, 5) is 26.4. The molecule has 2 aromatic heterocycles. The van der Waals surface area contributed by atoms with E-state index in [1.54, 1.807) is 24.3 Å². The number of hydrogen-bond donors (Lipinski definition) is 3. The maximum Gasteiger partial charge on any atom is 0.224 e. The zero-order valence-electron chi connectivity index (χ0n) is 10.7. The van der Waals surface area contributed by atoms with E-state index in [1.165, 1.54) is 13.3 Å². The topological polar surface area (TPSA) is 110 Å². The second kappa shape index (κ2) is 4.61. The number of imidazole rings is 1. The molecule has 3 aromatic rings. The van der Waals surface area contributed by atoms with Gasteiger partial charge >= 0.3 is 0 Å². The van der Waals surface area contributed by atoms with Crippen LogP contribution in [-0.2, 0) is 0 Å². The number of aromatic amines is 1. The molecule has 0 atom stereocenters. The van der Waals surface area contributed by atoms with Crippen molar-refractivity contribution in [3.8, 4) is 0 Å². The number of benzene rings is 1. The number of fused-ring (bicyclic) bond motifs is 1. The van der Waals surface area contributed by atoms with Crippen LogP contribution >= 0.6 is 0 Å². The quantitative estimate of drug-likeness (QED) is 0.626. The summed E-state index contributed by atoms with van der Waals surface area (Å²) >= 11 is 0. The van der Waals surface area contributed by atoms with Gasteiger partial charge in [0, 0.05) is 11.3 Å². The van der Waals surface area contributed by atoms with E-state index in [2.05, 4.69) is 25.3 Å². The molecule has 4 N–H and O–H groups in total. The molecule has 0 fully saturated rings. The van der Waals surface area contributed by atoms with Crippen molar-refractivity contribution in [2.24, 2.45) is 0 Å². The van der Waals surface area contributed by atoms with Crippen LogP contribution in [0.3, 0.4) is 0 Å². The molecule has 20 heavy (non-hydrogen) atoms. The predicted molar refractivity (Wildman–Crippen MR) is 75.8 cm³/mol. The summed E-state index contributed by atoms with van der Waals surface area (Å²) in [5.74, 6) is 0.715. The van der Waals surface area contributed by atoms with E-state index >= 15 is 0 Å². The summed E-state index contributed by atoms with van der Waals surface area (Å²) in [5, 5.41) is 3.13. The van der Waals surface area contributed by atoms with Crippen molar-refractivity contribution in [2.45, 2.75) is 6.92 Å². The fourth-order valence-electron chi connectivity index (χ4n) is 1.87. The highest BCUT2D eigenvalue weighted by atomic mass is 16.1. The summed E-state index contributed by atoms with van der Waals surface area (Å²) in [6.45, 7) is 1.53. The average Bonchev–Trinajstić information content (AvgIpc) is 2.87. The van der Waals surface area contributed by atoms with Crippen molar-refractivity contribution in [2.75, 3.05) is 11.1 Å². The molecule has 7 heteroatoms. The molecular weight excluding hydrogens is 256 g/mol. The second-order valence-corrected chi connectivity index (χ2v) is 4.29. The number of nitrogens with zero attached hydrogens (tertiary/aromatic N) is 3. The third-order valence-corrected chi connectivity index (χ3v) is 2.86. The molecule has 0 aliphatic rings. The van der Waals surface area contributed by atoms with Crippen molar-refractivity contribution < 1.29 is 4.79 Å². The Labute approximate surface area is 114 Å². The maximum absolute atomic E-state index is 11.2. The number of anilines is 3. The minimum atomic E-state index is 0.0267. The molecule has 1 aromatic carbocycles. The van der Waals surface area contributed by atoms with Gasteiger partial charge in [-0.2, -0.15) is 9.97 Å². The van der Waals surface area contributed by atoms with Gasteiger partial charge in [0.2, 0.25) is 5.95 Å². The molecule has 0 saturated carbocycles. The van der Waals surface area contributed by atoms with Crippen LogP contribution in [0, 0.1) is 0 Å². The number of H-pyrrole nitrogens is 1. The molecule has 2 heterocycles. The van der Waals surface area contributed by atoms with Gasteiger partial charge in [0.15, 0.2) is 17.2 Å². The fourth-order valence-corrected chi connectivity index (χ4v) is 1.87. The van der Waals surface area contributed by atoms with Gasteiger partial charge in [-0.25, -0.2) is 4.98 Å². The smallest absolute Gasteiger partial charge is 0.224 e. The number of nitrogens with two attached hydrogens (primary N) is 1. The third kappa shape index (κ3) is 2.16. The van der Waals surface area contributed by atoms with Crippen molar-refractivity contribution in [3.63, 3.8) is 0 Å². The van der Waals surface area contributed by atoms with Gasteiger partial charge in [-0.3, -0.25) is 4.79 Å². The minimum Gasteiger partial charge on any atom is -0.368 e. The zero-order chi connectivity index (χ0) is 14.1. The van der Waals surface area contributed by atoms with Gasteiger partial charge in [0.25, 0.3) is 0 Å². The molecule has 0 unspecified atom stereocenters. The van der Waals surface area contributed by atoms with Crippen LogP contribution in [0.5, 0.6) is 0 Å². The third-order valence-electron chi connectivity index (χ3n) is 2.86. The van der Waals surface area contributed by atoms with Crippen LogP contribution in [0.1, 0.15) is 17.3 Å². The van der Waals surface area contributed by atoms with Gasteiger partial charge in [0.05, 0.1) is 6.33 Å². The Kier molecular flexibility index (Phi) is 2.79. The zero-order valence-corrected chi connectivity index (χ0v) is 10.7. The van der Waals surface area contributed by atoms with Crippen molar-refractivity contribution in [3.05, 3.63) is 36.2 Å². The number of Topliss-reactive ketones (excluding diaryl/α,β-unsaturated/α-hetero) is 1. The highest BCUT2D eigenvalue weighted by molar-refractivity contribution is 5.94. The van der Waals surface area contributed by atoms with Crippen LogP contribution in [0.15, 0.2) is 30.6 Å². The molecule has 3 rings (SSSR count). The monoisotopic (exact) mass is 268 g/mol. The fraction of sp³-hybridized carbons (Fsp3) is 0.0769. The van der Waals surface area contributed by atoms with Crippen LogP contribution in [0.2, 0.25) is 0 Å². The Morgan fingerprint density at radius 3 is 2.70 bits per heavy atom. The summed E-state index contributed by atoms with van der Waals surface area (Å²) in [5.41, 5.74) is 8.27. The molecule has 7 nitrogen and oxygen atoms in total. The van der Waals surface area contributed by atoms with E-state index in [1.807, 2.05) is 0 Å². The molecule has 0 saturated heterocycles. The van der Waals surface area contributed by atoms with Crippen LogP contribution in [0.4, 0.5) is 17.5 Å². The lowest BCUT2D eigenvalue weighted by atomic mass is 10.1. The molecular formula is C13H12N6O. The highest BCUT2D eigenvalue weighted by Crippen LogP contribution is 2.22. The summed E-state index contributed by atoms with van der Waals surface area (Å²) < 4.78 is 0. The van der Waals surface area contributed by atoms with Gasteiger partial charge in [-0.1, -0.05) is 0 Å². The maximum atomic E-state index is 11.2. The first kappa shape index (κ1) is 12.1. The van der Waals surface area contributed by atoms with Crippen molar-refractivity contribution in [1.82, 2.24) is 19.9 Å². The summed E-state index contributed by atoms with van der Waals surface area (Å²) in [6, 6.07) is 7.10. The number of rotatable bonds is 3. The molecule has 0 aliphatic heterocycles. The van der Waals surface area contributed by atoms with E-state index in [9.17, 15) is 4.79 Å². The van der Waals surface area contributed by atoms with E-state index in [-0.39, 0.29) is 11.7 Å². The number of carbonyl (C=O) groups excluding carboxylic acids is 1. The molecule has 0 amide bonds. The van der Waals surface area contributed by atoms with Crippen molar-refractivity contribution in [1.29, 1.82) is 0 Å². The molecule has 100 valence electrons. The van der Waals surface area contributed by atoms with Crippen molar-refractivity contribution >= 4 is 34.4 Å². The van der Waals surface area contributed by atoms with E-state index in [4.69, 9.17) is 5.73 Å². The molecule has 0 bridgehead atoms. The molecule has 0 spiro atoms. The normalized spacial score (nSPS) is 10.7. The Hall–Kier alpha value is -2.96. The largest absolute Gasteiger partial charge is 0.368 e.